The van der Waals surface area contributed by atoms with E-state index in [1.54, 1.807) is 0 Å². The molecule has 2 unspecified atom stereocenters. The predicted octanol–water partition coefficient (Wildman–Crippen LogP) is 2.72. The molecule has 1 aromatic carbocycles. The highest BCUT2D eigenvalue weighted by molar-refractivity contribution is 5.85. The van der Waals surface area contributed by atoms with Crippen molar-refractivity contribution in [2.45, 2.75) is 26.8 Å². The van der Waals surface area contributed by atoms with Gasteiger partial charge in [-0.1, -0.05) is 44.2 Å². The molecule has 130 valence electrons. The van der Waals surface area contributed by atoms with Crippen molar-refractivity contribution in [3.05, 3.63) is 35.9 Å². The van der Waals surface area contributed by atoms with Crippen LogP contribution in [-0.2, 0) is 16.1 Å². The van der Waals surface area contributed by atoms with E-state index in [-0.39, 0.29) is 29.7 Å². The van der Waals surface area contributed by atoms with Crippen LogP contribution in [0.5, 0.6) is 0 Å². The monoisotopic (exact) mass is 340 g/mol. The van der Waals surface area contributed by atoms with Crippen LogP contribution in [0.4, 0.5) is 0 Å². The van der Waals surface area contributed by atoms with Crippen LogP contribution >= 0.6 is 12.4 Å². The molecule has 0 aliphatic carbocycles. The van der Waals surface area contributed by atoms with Crippen molar-refractivity contribution in [1.29, 1.82) is 0 Å². The molecule has 1 aliphatic heterocycles. The van der Waals surface area contributed by atoms with Crippen LogP contribution in [0.2, 0.25) is 0 Å². The number of benzene rings is 1. The third-order valence-corrected chi connectivity index (χ3v) is 4.45. The zero-order valence-corrected chi connectivity index (χ0v) is 15.2. The zero-order chi connectivity index (χ0) is 16.0. The summed E-state index contributed by atoms with van der Waals surface area (Å²) in [4.78, 5) is 14.1. The molecule has 2 atom stereocenters. The molecule has 0 saturated carbocycles. The number of nitrogens with zero attached hydrogens (tertiary/aromatic N) is 1. The average Bonchev–Trinajstić information content (AvgIpc) is 2.93. The predicted molar refractivity (Wildman–Crippen MR) is 95.7 cm³/mol. The van der Waals surface area contributed by atoms with Gasteiger partial charge in [0.25, 0.3) is 0 Å². The van der Waals surface area contributed by atoms with Gasteiger partial charge in [0.15, 0.2) is 0 Å². The average molecular weight is 341 g/mol. The minimum absolute atomic E-state index is 0. The summed E-state index contributed by atoms with van der Waals surface area (Å²) in [5.74, 6) is -0.237. The van der Waals surface area contributed by atoms with E-state index >= 15 is 0 Å². The highest BCUT2D eigenvalue weighted by Crippen LogP contribution is 2.27. The maximum Gasteiger partial charge on any atom is 0.309 e. The molecular weight excluding hydrogens is 312 g/mol. The van der Waals surface area contributed by atoms with Gasteiger partial charge in [0, 0.05) is 26.2 Å². The van der Waals surface area contributed by atoms with Crippen LogP contribution in [0.25, 0.3) is 0 Å². The number of ether oxygens (including phenoxy) is 1. The Morgan fingerprint density at radius 3 is 2.65 bits per heavy atom. The molecule has 1 heterocycles. The lowest BCUT2D eigenvalue weighted by Crippen LogP contribution is -2.40. The molecule has 4 nitrogen and oxygen atoms in total. The third-order valence-electron chi connectivity index (χ3n) is 4.45. The molecule has 1 saturated heterocycles. The van der Waals surface area contributed by atoms with Gasteiger partial charge in [-0.05, 0) is 23.9 Å². The Bertz CT molecular complexity index is 475. The summed E-state index contributed by atoms with van der Waals surface area (Å²) < 4.78 is 4.88. The summed E-state index contributed by atoms with van der Waals surface area (Å²) in [5, 5.41) is 3.45. The van der Waals surface area contributed by atoms with E-state index in [4.69, 9.17) is 4.74 Å². The highest BCUT2D eigenvalue weighted by Gasteiger charge is 2.31. The lowest BCUT2D eigenvalue weighted by molar-refractivity contribution is -0.145. The molecular formula is C18H29ClN2O2. The lowest BCUT2D eigenvalue weighted by Gasteiger charge is -2.33. The van der Waals surface area contributed by atoms with Gasteiger partial charge in [-0.25, -0.2) is 0 Å². The van der Waals surface area contributed by atoms with Crippen molar-refractivity contribution in [2.75, 3.05) is 33.3 Å². The fraction of sp³-hybridized carbons (Fsp3) is 0.611. The highest BCUT2D eigenvalue weighted by atomic mass is 35.5. The van der Waals surface area contributed by atoms with Gasteiger partial charge in [0.2, 0.25) is 0 Å². The van der Waals surface area contributed by atoms with Gasteiger partial charge in [-0.2, -0.15) is 0 Å². The first-order valence-corrected chi connectivity index (χ1v) is 8.07. The number of rotatable bonds is 7. The maximum absolute atomic E-state index is 11.8. The second-order valence-corrected chi connectivity index (χ2v) is 6.82. The molecule has 0 bridgehead atoms. The molecule has 0 amide bonds. The Balaban J connectivity index is 0.00000264. The van der Waals surface area contributed by atoms with E-state index in [0.29, 0.717) is 0 Å². The minimum Gasteiger partial charge on any atom is -0.469 e. The first-order valence-electron chi connectivity index (χ1n) is 8.07. The number of hydrogen-bond acceptors (Lipinski definition) is 4. The Labute approximate surface area is 146 Å². The van der Waals surface area contributed by atoms with Crippen molar-refractivity contribution >= 4 is 18.4 Å². The summed E-state index contributed by atoms with van der Waals surface area (Å²) in [5.41, 5.74) is 1.57. The van der Waals surface area contributed by atoms with Crippen molar-refractivity contribution in [2.24, 2.45) is 11.3 Å². The Morgan fingerprint density at radius 1 is 1.39 bits per heavy atom. The summed E-state index contributed by atoms with van der Waals surface area (Å²) in [6.45, 7) is 9.01. The SMILES string of the molecule is COC(=O)C(C)CN(Cc1ccccc1)CC1(C)CCNC1.Cl. The van der Waals surface area contributed by atoms with Crippen molar-refractivity contribution in [1.82, 2.24) is 10.2 Å². The Morgan fingerprint density at radius 2 is 2.09 bits per heavy atom. The molecule has 0 aromatic heterocycles. The first-order chi connectivity index (χ1) is 10.5. The normalized spacial score (nSPS) is 21.7. The van der Waals surface area contributed by atoms with Gasteiger partial charge in [0.1, 0.15) is 0 Å². The van der Waals surface area contributed by atoms with E-state index in [9.17, 15) is 4.79 Å². The molecule has 23 heavy (non-hydrogen) atoms. The van der Waals surface area contributed by atoms with Crippen LogP contribution in [0.1, 0.15) is 25.8 Å². The molecule has 5 heteroatoms. The topological polar surface area (TPSA) is 41.6 Å². The second kappa shape index (κ2) is 9.26. The van der Waals surface area contributed by atoms with E-state index < -0.39 is 0 Å². The molecule has 1 fully saturated rings. The molecule has 1 aliphatic rings. The summed E-state index contributed by atoms with van der Waals surface area (Å²) in [6.07, 6.45) is 1.19. The van der Waals surface area contributed by atoms with E-state index in [2.05, 4.69) is 41.4 Å². The van der Waals surface area contributed by atoms with Crippen LogP contribution in [0.3, 0.4) is 0 Å². The summed E-state index contributed by atoms with van der Waals surface area (Å²) in [7, 11) is 1.46. The van der Waals surface area contributed by atoms with Gasteiger partial charge in [0.05, 0.1) is 13.0 Å². The second-order valence-electron chi connectivity index (χ2n) is 6.82. The number of halogens is 1. The van der Waals surface area contributed by atoms with Crippen LogP contribution in [-0.4, -0.2) is 44.2 Å². The zero-order valence-electron chi connectivity index (χ0n) is 14.4. The van der Waals surface area contributed by atoms with Crippen LogP contribution < -0.4 is 5.32 Å². The molecule has 0 spiro atoms. The Kier molecular flexibility index (Phi) is 8.03. The number of carbonyl (C=O) groups excluding carboxylic acids is 1. The summed E-state index contributed by atoms with van der Waals surface area (Å²) in [6, 6.07) is 10.5. The minimum atomic E-state index is -0.132. The Hall–Kier alpha value is -1.10. The summed E-state index contributed by atoms with van der Waals surface area (Å²) >= 11 is 0. The number of nitrogens with one attached hydrogen (secondary N) is 1. The fourth-order valence-corrected chi connectivity index (χ4v) is 3.23. The van der Waals surface area contributed by atoms with Gasteiger partial charge < -0.3 is 10.1 Å². The maximum atomic E-state index is 11.8. The fourth-order valence-electron chi connectivity index (χ4n) is 3.23. The number of hydrogen-bond donors (Lipinski definition) is 1. The molecule has 1 N–H and O–H groups in total. The van der Waals surface area contributed by atoms with Crippen LogP contribution in [0, 0.1) is 11.3 Å². The van der Waals surface area contributed by atoms with Crippen molar-refractivity contribution < 1.29 is 9.53 Å². The number of carbonyl (C=O) groups is 1. The van der Waals surface area contributed by atoms with Gasteiger partial charge in [-0.3, -0.25) is 9.69 Å². The smallest absolute Gasteiger partial charge is 0.309 e. The quantitative estimate of drug-likeness (QED) is 0.775. The third kappa shape index (κ3) is 6.13. The van der Waals surface area contributed by atoms with E-state index in [1.807, 2.05) is 13.0 Å². The molecule has 2 rings (SSSR count). The van der Waals surface area contributed by atoms with Crippen molar-refractivity contribution in [3.63, 3.8) is 0 Å². The van der Waals surface area contributed by atoms with Crippen molar-refractivity contribution in [3.8, 4) is 0 Å². The molecule has 1 aromatic rings. The lowest BCUT2D eigenvalue weighted by atomic mass is 9.88. The van der Waals surface area contributed by atoms with E-state index in [1.165, 1.54) is 19.1 Å². The van der Waals surface area contributed by atoms with Gasteiger partial charge >= 0.3 is 5.97 Å². The number of methoxy groups -OCH3 is 1. The largest absolute Gasteiger partial charge is 0.469 e. The van der Waals surface area contributed by atoms with Crippen LogP contribution in [0.15, 0.2) is 30.3 Å². The first kappa shape index (κ1) is 19.9. The van der Waals surface area contributed by atoms with E-state index in [0.717, 1.165) is 32.7 Å². The van der Waals surface area contributed by atoms with Gasteiger partial charge in [-0.15, -0.1) is 12.4 Å². The molecule has 0 radical (unpaired) electrons. The standard InChI is InChI=1S/C18H28N2O2.ClH/c1-15(17(21)22-3)11-20(12-16-7-5-4-6-8-16)14-18(2)9-10-19-13-18;/h4-8,15,19H,9-14H2,1-3H3;1H. The number of esters is 1.